The Labute approximate surface area is 101 Å². The molecule has 0 spiro atoms. The minimum Gasteiger partial charge on any atom is -0.481 e. The van der Waals surface area contributed by atoms with Crippen molar-refractivity contribution >= 4 is 24.1 Å². The zero-order valence-corrected chi connectivity index (χ0v) is 9.24. The van der Waals surface area contributed by atoms with Gasteiger partial charge in [-0.2, -0.15) is 9.59 Å². The molecule has 0 radical (unpaired) electrons. The molecule has 0 aromatic rings. The van der Waals surface area contributed by atoms with Crippen molar-refractivity contribution in [2.24, 2.45) is 11.5 Å². The summed E-state index contributed by atoms with van der Waals surface area (Å²) < 4.78 is 0. The number of aliphatic carboxylic acids is 3. The molecule has 1 atom stereocenters. The number of hydrogen-bond donors (Lipinski definition) is 5. The van der Waals surface area contributed by atoms with E-state index in [0.29, 0.717) is 0 Å². The lowest BCUT2D eigenvalue weighted by Crippen LogP contribution is -2.32. The van der Waals surface area contributed by atoms with E-state index in [1.807, 2.05) is 0 Å². The highest BCUT2D eigenvalue weighted by molar-refractivity contribution is 5.80. The van der Waals surface area contributed by atoms with Gasteiger partial charge in [-0.3, -0.25) is 14.4 Å². The second kappa shape index (κ2) is 14.7. The molecule has 0 aliphatic heterocycles. The second-order valence-corrected chi connectivity index (χ2v) is 2.56. The van der Waals surface area contributed by atoms with Crippen molar-refractivity contribution < 1.29 is 39.3 Å². The fraction of sp³-hybridized carbons (Fsp3) is 0.500. The van der Waals surface area contributed by atoms with Gasteiger partial charge in [-0.05, 0) is 0 Å². The van der Waals surface area contributed by atoms with Crippen LogP contribution in [0.15, 0.2) is 0 Å². The third kappa shape index (κ3) is 29.2. The summed E-state index contributed by atoms with van der Waals surface area (Å²) in [5.41, 5.74) is 9.69. The molecule has 0 saturated heterocycles. The Balaban J connectivity index is -0.000000216. The number of carbonyl (C=O) groups is 3. The molecule has 0 fully saturated rings. The third-order valence-corrected chi connectivity index (χ3v) is 1.07. The average molecular weight is 266 g/mol. The van der Waals surface area contributed by atoms with Crippen molar-refractivity contribution in [1.29, 1.82) is 0 Å². The molecule has 7 N–H and O–H groups in total. The molecule has 0 amide bonds. The van der Waals surface area contributed by atoms with Gasteiger partial charge in [0.25, 0.3) is 0 Å². The van der Waals surface area contributed by atoms with E-state index in [0.717, 1.165) is 0 Å². The Bertz CT molecular complexity index is 297. The number of carboxylic acid groups (broad SMARTS) is 3. The summed E-state index contributed by atoms with van der Waals surface area (Å²) in [6, 6.07) is -1.29. The normalized spacial score (nSPS) is 9.44. The van der Waals surface area contributed by atoms with Gasteiger partial charge in [-0.1, -0.05) is 0 Å². The quantitative estimate of drug-likeness (QED) is 0.360. The molecule has 0 aliphatic carbocycles. The Kier molecular flexibility index (Phi) is 17.2. The highest BCUT2D eigenvalue weighted by Crippen LogP contribution is 1.86. The van der Waals surface area contributed by atoms with Crippen LogP contribution in [0, 0.1) is 0 Å². The number of hydrogen-bond acceptors (Lipinski definition) is 7. The Morgan fingerprint density at radius 1 is 1.06 bits per heavy atom. The van der Waals surface area contributed by atoms with E-state index in [2.05, 4.69) is 0 Å². The molecule has 104 valence electrons. The van der Waals surface area contributed by atoms with Crippen LogP contribution in [0.2, 0.25) is 0 Å². The largest absolute Gasteiger partial charge is 0.481 e. The molecule has 10 heteroatoms. The van der Waals surface area contributed by atoms with Gasteiger partial charge in [-0.25, -0.2) is 0 Å². The van der Waals surface area contributed by atoms with Crippen LogP contribution < -0.4 is 11.5 Å². The Morgan fingerprint density at radius 2 is 1.44 bits per heavy atom. The minimum atomic E-state index is -1.29. The maximum Gasteiger partial charge on any atom is 0.373 e. The maximum absolute atomic E-state index is 9.85. The van der Waals surface area contributed by atoms with E-state index in [1.165, 1.54) is 0 Å². The molecule has 10 nitrogen and oxygen atoms in total. The van der Waals surface area contributed by atoms with E-state index in [9.17, 15) is 14.4 Å². The van der Waals surface area contributed by atoms with Gasteiger partial charge in [0.15, 0.2) is 0 Å². The van der Waals surface area contributed by atoms with Crippen LogP contribution in [0.1, 0.15) is 12.8 Å². The second-order valence-electron chi connectivity index (χ2n) is 2.56. The summed E-state index contributed by atoms with van der Waals surface area (Å²) in [4.78, 5) is 45.4. The fourth-order valence-corrected chi connectivity index (χ4v) is 0.399. The lowest BCUT2D eigenvalue weighted by Gasteiger charge is -1.99. The summed E-state index contributed by atoms with van der Waals surface area (Å²) in [6.45, 7) is 0.231. The van der Waals surface area contributed by atoms with Gasteiger partial charge in [0.05, 0.1) is 12.8 Å². The van der Waals surface area contributed by atoms with E-state index in [1.54, 1.807) is 0 Å². The average Bonchev–Trinajstić information content (AvgIpc) is 2.18. The molecule has 0 bridgehead atoms. The molecular weight excluding hydrogens is 252 g/mol. The van der Waals surface area contributed by atoms with Crippen LogP contribution >= 0.6 is 0 Å². The molecule has 0 aromatic heterocycles. The molecule has 0 aliphatic rings. The first kappa shape index (κ1) is 21.0. The van der Waals surface area contributed by atoms with Gasteiger partial charge in [0, 0.05) is 6.54 Å². The van der Waals surface area contributed by atoms with Crippen LogP contribution in [0.3, 0.4) is 0 Å². The zero-order chi connectivity index (χ0) is 15.1. The lowest BCUT2D eigenvalue weighted by molar-refractivity contribution is -0.191. The van der Waals surface area contributed by atoms with Gasteiger partial charge in [0.1, 0.15) is 6.04 Å². The number of nitrogens with two attached hydrogens (primary N) is 2. The Morgan fingerprint density at radius 3 is 1.50 bits per heavy atom. The van der Waals surface area contributed by atoms with E-state index < -0.39 is 30.4 Å². The predicted molar refractivity (Wildman–Crippen MR) is 54.2 cm³/mol. The zero-order valence-electron chi connectivity index (χ0n) is 9.24. The van der Waals surface area contributed by atoms with Gasteiger partial charge in [0.2, 0.25) is 0 Å². The van der Waals surface area contributed by atoms with Crippen LogP contribution in [0.5, 0.6) is 0 Å². The summed E-state index contributed by atoms with van der Waals surface area (Å²) in [7, 11) is 0. The molecule has 0 unspecified atom stereocenters. The monoisotopic (exact) mass is 266 g/mol. The molecular formula is C8H14N2O8. The first-order valence-corrected chi connectivity index (χ1v) is 4.34. The maximum atomic E-state index is 9.85. The molecule has 0 rings (SSSR count). The first-order chi connectivity index (χ1) is 8.22. The van der Waals surface area contributed by atoms with Crippen molar-refractivity contribution in [3.8, 4) is 0 Å². The van der Waals surface area contributed by atoms with E-state index in [4.69, 9.17) is 36.4 Å². The standard InChI is InChI=1S/C4H7NO4.C3H7NO2.CO2/c5-2(4(8)9)1-3(6)7;4-2-1-3(5)6;2-1-3/h2H,1,5H2,(H,6,7)(H,8,9);1-2,4H2,(H,5,6);/t2-;;/m1../s1. The van der Waals surface area contributed by atoms with E-state index >= 15 is 0 Å². The van der Waals surface area contributed by atoms with Gasteiger partial charge >= 0.3 is 24.1 Å². The van der Waals surface area contributed by atoms with Crippen LogP contribution in [-0.4, -0.2) is 52.0 Å². The smallest absolute Gasteiger partial charge is 0.373 e. The number of rotatable bonds is 5. The highest BCUT2D eigenvalue weighted by atomic mass is 16.4. The minimum absolute atomic E-state index is 0.0694. The predicted octanol–water partition coefficient (Wildman–Crippen LogP) is -2.29. The first-order valence-electron chi connectivity index (χ1n) is 4.34. The van der Waals surface area contributed by atoms with Gasteiger partial charge in [-0.15, -0.1) is 0 Å². The Hall–Kier alpha value is -2.29. The topological polar surface area (TPSA) is 198 Å². The van der Waals surface area contributed by atoms with Crippen molar-refractivity contribution in [2.45, 2.75) is 18.9 Å². The summed E-state index contributed by atoms with van der Waals surface area (Å²) >= 11 is 0. The molecule has 0 aromatic carbocycles. The highest BCUT2D eigenvalue weighted by Gasteiger charge is 2.14. The van der Waals surface area contributed by atoms with Crippen LogP contribution in [0.4, 0.5) is 0 Å². The summed E-state index contributed by atoms with van der Waals surface area (Å²) in [5, 5.41) is 23.9. The van der Waals surface area contributed by atoms with Gasteiger partial charge < -0.3 is 26.8 Å². The number of carbonyl (C=O) groups excluding carboxylic acids is 2. The third-order valence-electron chi connectivity index (χ3n) is 1.07. The van der Waals surface area contributed by atoms with Crippen molar-refractivity contribution in [2.75, 3.05) is 6.54 Å². The molecule has 18 heavy (non-hydrogen) atoms. The van der Waals surface area contributed by atoms with Crippen molar-refractivity contribution in [3.63, 3.8) is 0 Å². The van der Waals surface area contributed by atoms with Crippen molar-refractivity contribution in [1.82, 2.24) is 0 Å². The van der Waals surface area contributed by atoms with Crippen LogP contribution in [-0.2, 0) is 24.0 Å². The molecule has 0 heterocycles. The SMILES string of the molecule is NCCC(=O)O.N[C@H](CC(=O)O)C(=O)O.O=C=O. The summed E-state index contributed by atoms with van der Waals surface area (Å²) in [5.74, 6) is -3.33. The van der Waals surface area contributed by atoms with E-state index in [-0.39, 0.29) is 19.1 Å². The fourth-order valence-electron chi connectivity index (χ4n) is 0.399. The van der Waals surface area contributed by atoms with Crippen LogP contribution in [0.25, 0.3) is 0 Å². The summed E-state index contributed by atoms with van der Waals surface area (Å²) in [6.07, 6.45) is -0.213. The van der Waals surface area contributed by atoms with Crippen molar-refractivity contribution in [3.05, 3.63) is 0 Å². The lowest BCUT2D eigenvalue weighted by atomic mass is 10.2. The number of carboxylic acids is 3. The molecule has 0 saturated carbocycles.